The van der Waals surface area contributed by atoms with Crippen LogP contribution < -0.4 is 32.8 Å². The molecule has 0 unspecified atom stereocenters. The van der Waals surface area contributed by atoms with Gasteiger partial charge in [-0.25, -0.2) is 0 Å². The molecule has 0 fully saturated rings. The topological polar surface area (TPSA) is 40.5 Å². The average Bonchev–Trinajstić information content (AvgIpc) is 2.70. The van der Waals surface area contributed by atoms with Gasteiger partial charge in [-0.05, 0) is 38.1 Å². The summed E-state index contributed by atoms with van der Waals surface area (Å²) in [6, 6.07) is 16.1. The van der Waals surface area contributed by atoms with E-state index in [4.69, 9.17) is 0 Å². The molecule has 4 aromatic carbocycles. The fourth-order valence-corrected chi connectivity index (χ4v) is 4.58. The molecule has 130 valence electrons. The summed E-state index contributed by atoms with van der Waals surface area (Å²) in [6.07, 6.45) is 0. The van der Waals surface area contributed by atoms with Crippen molar-refractivity contribution in [3.63, 3.8) is 0 Å². The first-order chi connectivity index (χ1) is 13.3. The van der Waals surface area contributed by atoms with E-state index < -0.39 is 7.12 Å². The number of rotatable bonds is 2. The minimum Gasteiger partial charge on any atom is -0.423 e. The molecular weight excluding hydrogens is 337 g/mol. The maximum Gasteiger partial charge on any atom is 0.489 e. The molecule has 0 spiro atoms. The van der Waals surface area contributed by atoms with Gasteiger partial charge < -0.3 is 10.0 Å². The van der Waals surface area contributed by atoms with Crippen molar-refractivity contribution < 1.29 is 10.0 Å². The van der Waals surface area contributed by atoms with Gasteiger partial charge in [0.05, 0.1) is 0 Å². The zero-order valence-corrected chi connectivity index (χ0v) is 17.1. The molecule has 0 atom stereocenters. The zero-order valence-electron chi connectivity index (χ0n) is 17.1. The van der Waals surface area contributed by atoms with Crippen LogP contribution in [0.2, 0.25) is 0 Å². The summed E-state index contributed by atoms with van der Waals surface area (Å²) >= 11 is 0. The van der Waals surface area contributed by atoms with Gasteiger partial charge in [-0.1, -0.05) is 59.5 Å². The van der Waals surface area contributed by atoms with E-state index in [2.05, 4.69) is 51.4 Å². The summed E-state index contributed by atoms with van der Waals surface area (Å²) < 4.78 is 0. The molecule has 0 bridgehead atoms. The highest BCUT2D eigenvalue weighted by atomic mass is 16.4. The van der Waals surface area contributed by atoms with Crippen LogP contribution in [-0.2, 0) is 0 Å². The largest absolute Gasteiger partial charge is 0.489 e. The maximum atomic E-state index is 10.2. The summed E-state index contributed by atoms with van der Waals surface area (Å²) in [5, 5.41) is 24.2. The molecule has 0 radical (unpaired) electrons. The molecule has 0 saturated heterocycles. The summed E-state index contributed by atoms with van der Waals surface area (Å²) in [7, 11) is 9.45. The molecule has 0 aliphatic carbocycles. The Hall–Kier alpha value is -2.29. The molecule has 0 aliphatic heterocycles. The monoisotopic (exact) mass is 358 g/mol. The second-order valence-corrected chi connectivity index (χ2v) is 7.75. The van der Waals surface area contributed by atoms with Gasteiger partial charge in [0, 0.05) is 0 Å². The molecule has 28 heavy (non-hydrogen) atoms. The Morgan fingerprint density at radius 1 is 0.500 bits per heavy atom. The molecule has 2 nitrogen and oxygen atoms in total. The first-order valence-corrected chi connectivity index (χ1v) is 9.71. The van der Waals surface area contributed by atoms with Crippen molar-refractivity contribution in [2.75, 3.05) is 0 Å². The minimum atomic E-state index is -1.52. The quantitative estimate of drug-likeness (QED) is 0.278. The SMILES string of the molecule is Bc1c(B)c(B)c(-c2c3ccccc3c(B(O)O)c3ccccc23)c(B)c1B. The molecule has 8 heteroatoms. The fraction of sp³-hybridized carbons (Fsp3) is 0. The van der Waals surface area contributed by atoms with Crippen LogP contribution in [0, 0.1) is 0 Å². The second kappa shape index (κ2) is 6.95. The first-order valence-electron chi connectivity index (χ1n) is 9.71. The van der Waals surface area contributed by atoms with E-state index in [1.165, 1.54) is 38.4 Å². The van der Waals surface area contributed by atoms with Gasteiger partial charge in [-0.15, -0.1) is 16.4 Å². The summed E-state index contributed by atoms with van der Waals surface area (Å²) in [4.78, 5) is 0. The number of hydrogen-bond donors (Lipinski definition) is 2. The van der Waals surface area contributed by atoms with Gasteiger partial charge in [-0.3, -0.25) is 0 Å². The first kappa shape index (κ1) is 19.0. The third kappa shape index (κ3) is 2.67. The van der Waals surface area contributed by atoms with Crippen LogP contribution in [0.1, 0.15) is 0 Å². The third-order valence-electron chi connectivity index (χ3n) is 6.48. The highest BCUT2D eigenvalue weighted by molar-refractivity contribution is 6.70. The summed E-state index contributed by atoms with van der Waals surface area (Å²) in [5.74, 6) is 0. The molecule has 0 aliphatic rings. The van der Waals surface area contributed by atoms with Gasteiger partial charge >= 0.3 is 7.12 Å². The number of hydrogen-bond acceptors (Lipinski definition) is 2. The summed E-state index contributed by atoms with van der Waals surface area (Å²) in [5.41, 5.74) is 9.56. The maximum absolute atomic E-state index is 10.2. The van der Waals surface area contributed by atoms with E-state index in [-0.39, 0.29) is 0 Å². The molecule has 4 aromatic rings. The van der Waals surface area contributed by atoms with Crippen LogP contribution in [-0.4, -0.2) is 56.4 Å². The van der Waals surface area contributed by atoms with Crippen molar-refractivity contribution in [2.45, 2.75) is 0 Å². The van der Waals surface area contributed by atoms with Crippen molar-refractivity contribution in [2.24, 2.45) is 0 Å². The standard InChI is InChI=1S/C20H20B6O2/c21-15-14(16(22)18(24)19(25)17(15)23)13-9-5-1-3-7-11(9)20(26(27)28)12-8-4-2-6-10(12)13/h1-8,27-28H,21-25H2. The smallest absolute Gasteiger partial charge is 0.423 e. The highest BCUT2D eigenvalue weighted by Crippen LogP contribution is 2.33. The van der Waals surface area contributed by atoms with E-state index in [1.54, 1.807) is 0 Å². The number of benzene rings is 4. The molecule has 2 N–H and O–H groups in total. The van der Waals surface area contributed by atoms with Crippen molar-refractivity contribution >= 4 is 101 Å². The Morgan fingerprint density at radius 3 is 1.25 bits per heavy atom. The van der Waals surface area contributed by atoms with Crippen LogP contribution in [0.25, 0.3) is 32.7 Å². The highest BCUT2D eigenvalue weighted by Gasteiger charge is 2.24. The average molecular weight is 357 g/mol. The predicted molar refractivity (Wildman–Crippen MR) is 138 cm³/mol. The Morgan fingerprint density at radius 2 is 0.857 bits per heavy atom. The van der Waals surface area contributed by atoms with Crippen molar-refractivity contribution in [3.05, 3.63) is 48.5 Å². The lowest BCUT2D eigenvalue weighted by molar-refractivity contribution is 0.426. The Labute approximate surface area is 170 Å². The van der Waals surface area contributed by atoms with Crippen molar-refractivity contribution in [1.29, 1.82) is 0 Å². The molecule has 0 saturated carbocycles. The van der Waals surface area contributed by atoms with Gasteiger partial charge in [0.2, 0.25) is 0 Å². The van der Waals surface area contributed by atoms with Gasteiger partial charge in [-0.2, -0.15) is 0 Å². The fourth-order valence-electron chi connectivity index (χ4n) is 4.58. The lowest BCUT2D eigenvalue weighted by Crippen LogP contribution is -2.55. The summed E-state index contributed by atoms with van der Waals surface area (Å²) in [6.45, 7) is 0. The second-order valence-electron chi connectivity index (χ2n) is 7.75. The molecule has 0 aromatic heterocycles. The van der Waals surface area contributed by atoms with Gasteiger partial charge in [0.15, 0.2) is 0 Å². The van der Waals surface area contributed by atoms with Crippen LogP contribution in [0.4, 0.5) is 0 Å². The van der Waals surface area contributed by atoms with E-state index in [0.717, 1.165) is 21.5 Å². The lowest BCUT2D eigenvalue weighted by Gasteiger charge is -2.24. The lowest BCUT2D eigenvalue weighted by atomic mass is 9.59. The van der Waals surface area contributed by atoms with Crippen LogP contribution in [0.3, 0.4) is 0 Å². The minimum absolute atomic E-state index is 0.575. The van der Waals surface area contributed by atoms with Crippen LogP contribution >= 0.6 is 0 Å². The predicted octanol–water partition coefficient (Wildman–Crippen LogP) is -5.37. The Bertz CT molecular complexity index is 1170. The van der Waals surface area contributed by atoms with E-state index in [0.29, 0.717) is 5.46 Å². The third-order valence-corrected chi connectivity index (χ3v) is 6.48. The van der Waals surface area contributed by atoms with Gasteiger partial charge in [0.1, 0.15) is 39.2 Å². The van der Waals surface area contributed by atoms with E-state index >= 15 is 0 Å². The van der Waals surface area contributed by atoms with E-state index in [9.17, 15) is 10.0 Å². The Balaban J connectivity index is 2.32. The Kier molecular flexibility index (Phi) is 4.73. The van der Waals surface area contributed by atoms with Crippen molar-refractivity contribution in [1.82, 2.24) is 0 Å². The van der Waals surface area contributed by atoms with Crippen LogP contribution in [0.5, 0.6) is 0 Å². The van der Waals surface area contributed by atoms with Crippen molar-refractivity contribution in [3.8, 4) is 11.1 Å². The molecule has 4 rings (SSSR count). The normalized spacial score (nSPS) is 11.2. The molecular formula is C20H20B6O2. The van der Waals surface area contributed by atoms with Gasteiger partial charge in [0.25, 0.3) is 0 Å². The number of fused-ring (bicyclic) bond motifs is 2. The van der Waals surface area contributed by atoms with E-state index in [1.807, 2.05) is 36.4 Å². The van der Waals surface area contributed by atoms with Crippen LogP contribution in [0.15, 0.2) is 48.5 Å². The molecule has 0 amide bonds. The zero-order chi connectivity index (χ0) is 20.2. The molecule has 0 heterocycles.